The number of hydrogen-bond acceptors (Lipinski definition) is 3. The van der Waals surface area contributed by atoms with Gasteiger partial charge in [-0.05, 0) is 71.6 Å². The molecule has 134 valence electrons. The SMILES string of the molecule is CCN(CCNC1CCC2(CCCC2)CC1)C(=O)OC(C)(C)C. The maximum atomic E-state index is 12.1. The van der Waals surface area contributed by atoms with Crippen LogP contribution in [0.5, 0.6) is 0 Å². The molecular weight excluding hydrogens is 288 g/mol. The molecule has 1 amide bonds. The molecule has 0 aromatic carbocycles. The maximum absolute atomic E-state index is 12.1. The number of amides is 1. The molecule has 0 saturated heterocycles. The van der Waals surface area contributed by atoms with Crippen molar-refractivity contribution in [2.24, 2.45) is 5.41 Å². The van der Waals surface area contributed by atoms with Gasteiger partial charge in [0.2, 0.25) is 0 Å². The molecule has 4 heteroatoms. The zero-order valence-electron chi connectivity index (χ0n) is 15.6. The summed E-state index contributed by atoms with van der Waals surface area (Å²) in [6.45, 7) is 10.0. The summed E-state index contributed by atoms with van der Waals surface area (Å²) < 4.78 is 5.46. The van der Waals surface area contributed by atoms with Gasteiger partial charge in [-0.1, -0.05) is 12.8 Å². The zero-order valence-corrected chi connectivity index (χ0v) is 15.6. The second-order valence-electron chi connectivity index (χ2n) is 8.50. The van der Waals surface area contributed by atoms with Gasteiger partial charge in [-0.25, -0.2) is 4.79 Å². The van der Waals surface area contributed by atoms with Gasteiger partial charge >= 0.3 is 6.09 Å². The summed E-state index contributed by atoms with van der Waals surface area (Å²) in [5, 5.41) is 3.66. The number of carbonyl (C=O) groups is 1. The number of rotatable bonds is 5. The molecule has 0 radical (unpaired) electrons. The smallest absolute Gasteiger partial charge is 0.410 e. The van der Waals surface area contributed by atoms with Crippen LogP contribution in [0, 0.1) is 5.41 Å². The van der Waals surface area contributed by atoms with Gasteiger partial charge in [-0.15, -0.1) is 0 Å². The lowest BCUT2D eigenvalue weighted by atomic mass is 9.71. The van der Waals surface area contributed by atoms with Gasteiger partial charge in [-0.3, -0.25) is 0 Å². The van der Waals surface area contributed by atoms with Crippen LogP contribution in [0.4, 0.5) is 4.79 Å². The Balaban J connectivity index is 1.66. The number of hydrogen-bond donors (Lipinski definition) is 1. The fraction of sp³-hybridized carbons (Fsp3) is 0.947. The van der Waals surface area contributed by atoms with Crippen LogP contribution < -0.4 is 5.32 Å². The second kappa shape index (κ2) is 7.87. The van der Waals surface area contributed by atoms with E-state index >= 15 is 0 Å². The predicted octanol–water partition coefficient (Wildman–Crippen LogP) is 4.34. The highest BCUT2D eigenvalue weighted by molar-refractivity contribution is 5.68. The Labute approximate surface area is 142 Å². The normalized spacial score (nSPS) is 21.6. The van der Waals surface area contributed by atoms with E-state index in [1.54, 1.807) is 4.90 Å². The molecule has 2 fully saturated rings. The van der Waals surface area contributed by atoms with Crippen LogP contribution in [0.1, 0.15) is 79.1 Å². The monoisotopic (exact) mass is 324 g/mol. The van der Waals surface area contributed by atoms with Crippen LogP contribution in [0.15, 0.2) is 0 Å². The number of carbonyl (C=O) groups excluding carboxylic acids is 1. The Bertz CT molecular complexity index is 373. The standard InChI is InChI=1S/C19H36N2O2/c1-5-21(17(22)23-18(2,3)4)15-14-20-16-8-12-19(13-9-16)10-6-7-11-19/h16,20H,5-15H2,1-4H3. The lowest BCUT2D eigenvalue weighted by Gasteiger charge is -2.38. The zero-order chi connectivity index (χ0) is 16.9. The minimum atomic E-state index is -0.420. The predicted molar refractivity (Wildman–Crippen MR) is 94.6 cm³/mol. The Morgan fingerprint density at radius 1 is 1.17 bits per heavy atom. The van der Waals surface area contributed by atoms with E-state index in [2.05, 4.69) is 5.32 Å². The van der Waals surface area contributed by atoms with E-state index in [4.69, 9.17) is 4.74 Å². The molecule has 4 nitrogen and oxygen atoms in total. The van der Waals surface area contributed by atoms with Crippen molar-refractivity contribution in [3.8, 4) is 0 Å². The summed E-state index contributed by atoms with van der Waals surface area (Å²) >= 11 is 0. The average molecular weight is 325 g/mol. The first kappa shape index (κ1) is 18.6. The van der Waals surface area contributed by atoms with E-state index in [9.17, 15) is 4.79 Å². The first-order valence-electron chi connectivity index (χ1n) is 9.55. The van der Waals surface area contributed by atoms with Gasteiger partial charge in [0.15, 0.2) is 0 Å². The number of nitrogens with zero attached hydrogens (tertiary/aromatic N) is 1. The van der Waals surface area contributed by atoms with Crippen molar-refractivity contribution >= 4 is 6.09 Å². The Morgan fingerprint density at radius 3 is 2.30 bits per heavy atom. The van der Waals surface area contributed by atoms with Crippen LogP contribution in [-0.2, 0) is 4.74 Å². The van der Waals surface area contributed by atoms with Crippen molar-refractivity contribution < 1.29 is 9.53 Å². The van der Waals surface area contributed by atoms with Crippen LogP contribution >= 0.6 is 0 Å². The number of likely N-dealkylation sites (N-methyl/N-ethyl adjacent to an activating group) is 1. The van der Waals surface area contributed by atoms with E-state index in [0.717, 1.165) is 13.1 Å². The Morgan fingerprint density at radius 2 is 1.78 bits per heavy atom. The molecule has 2 rings (SSSR count). The quantitative estimate of drug-likeness (QED) is 0.818. The van der Waals surface area contributed by atoms with Crippen LogP contribution in [0.2, 0.25) is 0 Å². The summed E-state index contributed by atoms with van der Waals surface area (Å²) in [7, 11) is 0. The fourth-order valence-corrected chi connectivity index (χ4v) is 4.17. The van der Waals surface area contributed by atoms with Gasteiger partial charge in [0.05, 0.1) is 0 Å². The third kappa shape index (κ3) is 5.66. The third-order valence-electron chi connectivity index (χ3n) is 5.56. The first-order valence-corrected chi connectivity index (χ1v) is 9.55. The summed E-state index contributed by atoms with van der Waals surface area (Å²) in [5.74, 6) is 0. The van der Waals surface area contributed by atoms with E-state index < -0.39 is 5.60 Å². The maximum Gasteiger partial charge on any atom is 0.410 e. The summed E-state index contributed by atoms with van der Waals surface area (Å²) in [6, 6.07) is 0.638. The first-order chi connectivity index (χ1) is 10.8. The minimum Gasteiger partial charge on any atom is -0.444 e. The average Bonchev–Trinajstić information content (AvgIpc) is 2.92. The van der Waals surface area contributed by atoms with E-state index in [1.165, 1.54) is 51.4 Å². The molecule has 0 aromatic rings. The van der Waals surface area contributed by atoms with Crippen molar-refractivity contribution in [1.29, 1.82) is 0 Å². The summed E-state index contributed by atoms with van der Waals surface area (Å²) in [6.07, 6.45) is 11.0. The fourth-order valence-electron chi connectivity index (χ4n) is 4.17. The van der Waals surface area contributed by atoms with Crippen LogP contribution in [0.25, 0.3) is 0 Å². The molecule has 0 heterocycles. The molecule has 1 spiro atoms. The highest BCUT2D eigenvalue weighted by atomic mass is 16.6. The van der Waals surface area contributed by atoms with Gasteiger partial charge in [0.25, 0.3) is 0 Å². The van der Waals surface area contributed by atoms with E-state index in [-0.39, 0.29) is 6.09 Å². The van der Waals surface area contributed by atoms with Crippen LogP contribution in [0.3, 0.4) is 0 Å². The highest BCUT2D eigenvalue weighted by Crippen LogP contribution is 2.48. The van der Waals surface area contributed by atoms with Gasteiger partial charge < -0.3 is 15.0 Å². The Kier molecular flexibility index (Phi) is 6.35. The minimum absolute atomic E-state index is 0.199. The number of ether oxygens (including phenoxy) is 1. The molecule has 2 aliphatic rings. The molecule has 0 atom stereocenters. The van der Waals surface area contributed by atoms with Crippen LogP contribution in [-0.4, -0.2) is 42.3 Å². The lowest BCUT2D eigenvalue weighted by molar-refractivity contribution is 0.0259. The summed E-state index contributed by atoms with van der Waals surface area (Å²) in [4.78, 5) is 13.9. The molecule has 1 N–H and O–H groups in total. The topological polar surface area (TPSA) is 41.6 Å². The third-order valence-corrected chi connectivity index (χ3v) is 5.56. The van der Waals surface area contributed by atoms with Crippen molar-refractivity contribution in [2.75, 3.05) is 19.6 Å². The molecule has 0 aliphatic heterocycles. The van der Waals surface area contributed by atoms with Crippen molar-refractivity contribution in [3.63, 3.8) is 0 Å². The number of nitrogens with one attached hydrogen (secondary N) is 1. The summed E-state index contributed by atoms with van der Waals surface area (Å²) in [5.41, 5.74) is 0.279. The lowest BCUT2D eigenvalue weighted by Crippen LogP contribution is -2.43. The molecule has 23 heavy (non-hydrogen) atoms. The van der Waals surface area contributed by atoms with Crippen molar-refractivity contribution in [1.82, 2.24) is 10.2 Å². The Hall–Kier alpha value is -0.770. The van der Waals surface area contributed by atoms with Gasteiger partial charge in [-0.2, -0.15) is 0 Å². The van der Waals surface area contributed by atoms with Crippen molar-refractivity contribution in [3.05, 3.63) is 0 Å². The molecule has 0 unspecified atom stereocenters. The van der Waals surface area contributed by atoms with Crippen molar-refractivity contribution in [2.45, 2.75) is 90.7 Å². The second-order valence-corrected chi connectivity index (χ2v) is 8.50. The van der Waals surface area contributed by atoms with E-state index in [0.29, 0.717) is 18.0 Å². The van der Waals surface area contributed by atoms with Gasteiger partial charge in [0.1, 0.15) is 5.60 Å². The molecule has 2 aliphatic carbocycles. The van der Waals surface area contributed by atoms with E-state index in [1.807, 2.05) is 27.7 Å². The molecular formula is C19H36N2O2. The highest BCUT2D eigenvalue weighted by Gasteiger charge is 2.37. The molecule has 0 bridgehead atoms. The molecule has 2 saturated carbocycles. The van der Waals surface area contributed by atoms with Gasteiger partial charge in [0, 0.05) is 25.7 Å². The molecule has 0 aromatic heterocycles. The largest absolute Gasteiger partial charge is 0.444 e.